The predicted molar refractivity (Wildman–Crippen MR) is 102 cm³/mol. The second-order valence-electron chi connectivity index (χ2n) is 6.21. The van der Waals surface area contributed by atoms with Gasteiger partial charge in [-0.05, 0) is 62.0 Å². The molecular formula is C22H13I. The van der Waals surface area contributed by atoms with Crippen molar-refractivity contribution in [3.63, 3.8) is 0 Å². The second kappa shape index (κ2) is 4.49. The zero-order valence-corrected chi connectivity index (χ0v) is 14.5. The van der Waals surface area contributed by atoms with Gasteiger partial charge in [-0.1, -0.05) is 66.6 Å². The SMILES string of the molecule is C#CC12c3ccccc3C(c3ccccc31)c1cccc(I)c12. The summed E-state index contributed by atoms with van der Waals surface area (Å²) in [4.78, 5) is 0. The van der Waals surface area contributed by atoms with Crippen molar-refractivity contribution in [2.45, 2.75) is 11.3 Å². The van der Waals surface area contributed by atoms with Crippen LogP contribution in [-0.2, 0) is 5.41 Å². The highest BCUT2D eigenvalue weighted by atomic mass is 127. The average Bonchev–Trinajstić information content (AvgIpc) is 2.61. The summed E-state index contributed by atoms with van der Waals surface area (Å²) in [6, 6.07) is 23.9. The summed E-state index contributed by atoms with van der Waals surface area (Å²) in [5.74, 6) is 3.50. The topological polar surface area (TPSA) is 0 Å². The van der Waals surface area contributed by atoms with Crippen LogP contribution in [-0.4, -0.2) is 0 Å². The van der Waals surface area contributed by atoms with E-state index in [9.17, 15) is 0 Å². The third-order valence-corrected chi connectivity index (χ3v) is 6.20. The minimum Gasteiger partial charge on any atom is -0.118 e. The fourth-order valence-corrected chi connectivity index (χ4v) is 5.43. The van der Waals surface area contributed by atoms with Gasteiger partial charge in [-0.15, -0.1) is 6.42 Å². The Labute approximate surface area is 149 Å². The van der Waals surface area contributed by atoms with Crippen LogP contribution in [0.1, 0.15) is 39.3 Å². The van der Waals surface area contributed by atoms with Crippen LogP contribution in [0.5, 0.6) is 0 Å². The molecule has 108 valence electrons. The summed E-state index contributed by atoms with van der Waals surface area (Å²) in [7, 11) is 0. The van der Waals surface area contributed by atoms with Gasteiger partial charge in [-0.25, -0.2) is 0 Å². The molecule has 3 aliphatic rings. The highest BCUT2D eigenvalue weighted by Crippen LogP contribution is 2.59. The lowest BCUT2D eigenvalue weighted by molar-refractivity contribution is 0.663. The van der Waals surface area contributed by atoms with E-state index in [1.165, 1.54) is 37.0 Å². The van der Waals surface area contributed by atoms with Crippen LogP contribution in [0.25, 0.3) is 0 Å². The summed E-state index contributed by atoms with van der Waals surface area (Å²) in [6.45, 7) is 0. The van der Waals surface area contributed by atoms with E-state index in [1.54, 1.807) is 0 Å². The van der Waals surface area contributed by atoms with Gasteiger partial charge < -0.3 is 0 Å². The van der Waals surface area contributed by atoms with Gasteiger partial charge in [-0.3, -0.25) is 0 Å². The molecule has 0 aromatic heterocycles. The Bertz CT molecular complexity index is 959. The van der Waals surface area contributed by atoms with Crippen LogP contribution in [0.2, 0.25) is 0 Å². The molecule has 2 bridgehead atoms. The first kappa shape index (κ1) is 13.4. The van der Waals surface area contributed by atoms with Gasteiger partial charge in [0.05, 0.1) is 0 Å². The van der Waals surface area contributed by atoms with Gasteiger partial charge >= 0.3 is 0 Å². The third-order valence-electron chi connectivity index (χ3n) is 5.30. The Morgan fingerprint density at radius 1 is 0.783 bits per heavy atom. The summed E-state index contributed by atoms with van der Waals surface area (Å²) < 4.78 is 1.26. The lowest BCUT2D eigenvalue weighted by Crippen LogP contribution is -2.41. The maximum absolute atomic E-state index is 6.23. The number of halogens is 1. The first-order chi connectivity index (χ1) is 11.3. The molecule has 3 aromatic carbocycles. The standard InChI is InChI=1S/C22H13I/c1-2-22-17-11-5-3-8-14(17)20(15-9-4-6-12-18(15)22)16-10-7-13-19(23)21(16)22/h1,3-13,20H. The molecule has 0 saturated carbocycles. The Kier molecular flexibility index (Phi) is 2.61. The molecule has 3 aromatic rings. The van der Waals surface area contributed by atoms with Crippen molar-refractivity contribution in [3.05, 3.63) is 104 Å². The van der Waals surface area contributed by atoms with Crippen molar-refractivity contribution >= 4 is 22.6 Å². The molecule has 0 fully saturated rings. The Morgan fingerprint density at radius 2 is 1.35 bits per heavy atom. The number of terminal acetylenes is 1. The van der Waals surface area contributed by atoms with Crippen molar-refractivity contribution in [2.75, 3.05) is 0 Å². The molecule has 0 aliphatic heterocycles. The van der Waals surface area contributed by atoms with Crippen molar-refractivity contribution in [3.8, 4) is 12.3 Å². The minimum atomic E-state index is -0.463. The molecule has 0 spiro atoms. The molecule has 0 heterocycles. The summed E-state index contributed by atoms with van der Waals surface area (Å²) in [5.41, 5.74) is 7.50. The van der Waals surface area contributed by atoms with Crippen LogP contribution in [0, 0.1) is 15.9 Å². The van der Waals surface area contributed by atoms with Gasteiger partial charge in [0.25, 0.3) is 0 Å². The van der Waals surface area contributed by atoms with E-state index in [1.807, 2.05) is 0 Å². The highest BCUT2D eigenvalue weighted by Gasteiger charge is 2.51. The smallest absolute Gasteiger partial charge is 0.108 e. The molecule has 3 aliphatic carbocycles. The van der Waals surface area contributed by atoms with Crippen LogP contribution in [0.4, 0.5) is 0 Å². The van der Waals surface area contributed by atoms with Crippen molar-refractivity contribution in [1.82, 2.24) is 0 Å². The van der Waals surface area contributed by atoms with E-state index in [0.717, 1.165) is 0 Å². The molecule has 0 amide bonds. The molecular weight excluding hydrogens is 391 g/mol. The fraction of sp³-hybridized carbons (Fsp3) is 0.0909. The summed E-state index contributed by atoms with van der Waals surface area (Å²) in [5, 5.41) is 0. The predicted octanol–water partition coefficient (Wildman–Crippen LogP) is 5.07. The maximum atomic E-state index is 6.23. The zero-order chi connectivity index (χ0) is 15.6. The number of hydrogen-bond donors (Lipinski definition) is 0. The number of hydrogen-bond acceptors (Lipinski definition) is 0. The zero-order valence-electron chi connectivity index (χ0n) is 12.4. The van der Waals surface area contributed by atoms with Gasteiger partial charge in [0, 0.05) is 9.49 Å². The molecule has 6 rings (SSSR count). The average molecular weight is 404 g/mol. The van der Waals surface area contributed by atoms with E-state index in [0.29, 0.717) is 5.92 Å². The number of benzene rings is 3. The lowest BCUT2D eigenvalue weighted by atomic mass is 9.53. The van der Waals surface area contributed by atoms with Crippen LogP contribution >= 0.6 is 22.6 Å². The third kappa shape index (κ3) is 1.43. The van der Waals surface area contributed by atoms with E-state index in [2.05, 4.69) is 95.2 Å². The van der Waals surface area contributed by atoms with Crippen LogP contribution in [0.15, 0.2) is 66.7 Å². The molecule has 0 saturated heterocycles. The van der Waals surface area contributed by atoms with Gasteiger partial charge in [0.2, 0.25) is 0 Å². The Balaban J connectivity index is 2.05. The summed E-state index contributed by atoms with van der Waals surface area (Å²) in [6.07, 6.45) is 6.23. The first-order valence-corrected chi connectivity index (χ1v) is 8.82. The normalized spacial score (nSPS) is 22.7. The minimum absolute atomic E-state index is 0.294. The molecule has 0 atom stereocenters. The first-order valence-electron chi connectivity index (χ1n) is 7.74. The molecule has 0 radical (unpaired) electrons. The lowest BCUT2D eigenvalue weighted by Gasteiger charge is -2.48. The molecule has 0 nitrogen and oxygen atoms in total. The monoisotopic (exact) mass is 404 g/mol. The van der Waals surface area contributed by atoms with E-state index in [4.69, 9.17) is 6.42 Å². The molecule has 0 N–H and O–H groups in total. The van der Waals surface area contributed by atoms with Gasteiger partial charge in [0.15, 0.2) is 0 Å². The van der Waals surface area contributed by atoms with E-state index < -0.39 is 5.41 Å². The van der Waals surface area contributed by atoms with Crippen molar-refractivity contribution in [2.24, 2.45) is 0 Å². The second-order valence-corrected chi connectivity index (χ2v) is 7.37. The maximum Gasteiger partial charge on any atom is 0.108 e. The molecule has 0 unspecified atom stereocenters. The molecule has 1 heteroatoms. The van der Waals surface area contributed by atoms with E-state index in [-0.39, 0.29) is 0 Å². The van der Waals surface area contributed by atoms with Crippen LogP contribution in [0.3, 0.4) is 0 Å². The highest BCUT2D eigenvalue weighted by molar-refractivity contribution is 14.1. The summed E-state index contributed by atoms with van der Waals surface area (Å²) >= 11 is 2.44. The van der Waals surface area contributed by atoms with Crippen LogP contribution < -0.4 is 0 Å². The van der Waals surface area contributed by atoms with E-state index >= 15 is 0 Å². The number of rotatable bonds is 0. The molecule has 23 heavy (non-hydrogen) atoms. The van der Waals surface area contributed by atoms with Crippen molar-refractivity contribution < 1.29 is 0 Å². The van der Waals surface area contributed by atoms with Gasteiger partial charge in [-0.2, -0.15) is 0 Å². The van der Waals surface area contributed by atoms with Gasteiger partial charge in [0.1, 0.15) is 5.41 Å². The fourth-order valence-electron chi connectivity index (χ4n) is 4.50. The Morgan fingerprint density at radius 3 is 1.96 bits per heavy atom. The largest absolute Gasteiger partial charge is 0.118 e. The quantitative estimate of drug-likeness (QED) is 0.363. The Hall–Kier alpha value is -2.05. The van der Waals surface area contributed by atoms with Crippen molar-refractivity contribution in [1.29, 1.82) is 0 Å².